The van der Waals surface area contributed by atoms with Gasteiger partial charge in [0.1, 0.15) is 0 Å². The molecule has 0 aromatic heterocycles. The van der Waals surface area contributed by atoms with Crippen LogP contribution in [0.4, 0.5) is 0 Å². The Balaban J connectivity index is 2.17. The molecule has 0 bridgehead atoms. The largest absolute Gasteiger partial charge is 0.373 e. The van der Waals surface area contributed by atoms with Crippen LogP contribution in [0.5, 0.6) is 0 Å². The number of hydrogen-bond acceptors (Lipinski definition) is 2. The number of benzene rings is 1. The molecule has 1 aliphatic heterocycles. The van der Waals surface area contributed by atoms with Crippen molar-refractivity contribution in [3.63, 3.8) is 0 Å². The summed E-state index contributed by atoms with van der Waals surface area (Å²) >= 11 is 0. The van der Waals surface area contributed by atoms with Crippen LogP contribution in [0.25, 0.3) is 0 Å². The van der Waals surface area contributed by atoms with Crippen LogP contribution < -0.4 is 5.73 Å². The van der Waals surface area contributed by atoms with Gasteiger partial charge in [-0.15, -0.1) is 0 Å². The minimum absolute atomic E-state index is 0.0400. The first-order chi connectivity index (χ1) is 8.83. The highest BCUT2D eigenvalue weighted by Gasteiger charge is 2.35. The second-order valence-corrected chi connectivity index (χ2v) is 6.97. The van der Waals surface area contributed by atoms with Gasteiger partial charge in [0.05, 0.1) is 11.6 Å². The van der Waals surface area contributed by atoms with Crippen molar-refractivity contribution in [2.75, 3.05) is 6.61 Å². The molecule has 2 unspecified atom stereocenters. The summed E-state index contributed by atoms with van der Waals surface area (Å²) < 4.78 is 5.95. The van der Waals surface area contributed by atoms with Crippen LogP contribution in [0, 0.1) is 0 Å². The van der Waals surface area contributed by atoms with E-state index in [1.165, 1.54) is 17.5 Å². The fourth-order valence-electron chi connectivity index (χ4n) is 2.74. The lowest BCUT2D eigenvalue weighted by atomic mass is 9.82. The van der Waals surface area contributed by atoms with E-state index < -0.39 is 0 Å². The van der Waals surface area contributed by atoms with E-state index in [0.717, 1.165) is 19.4 Å². The average molecular weight is 261 g/mol. The molecular formula is C17H27NO. The molecule has 0 saturated carbocycles. The minimum Gasteiger partial charge on any atom is -0.373 e. The van der Waals surface area contributed by atoms with Crippen molar-refractivity contribution in [1.82, 2.24) is 0 Å². The van der Waals surface area contributed by atoms with E-state index in [4.69, 9.17) is 10.5 Å². The molecule has 19 heavy (non-hydrogen) atoms. The quantitative estimate of drug-likeness (QED) is 0.875. The van der Waals surface area contributed by atoms with E-state index >= 15 is 0 Å². The van der Waals surface area contributed by atoms with Gasteiger partial charge in [-0.3, -0.25) is 0 Å². The molecule has 0 aliphatic carbocycles. The molecule has 2 N–H and O–H groups in total. The average Bonchev–Trinajstić information content (AvgIpc) is 2.38. The van der Waals surface area contributed by atoms with Gasteiger partial charge in [0.15, 0.2) is 0 Å². The topological polar surface area (TPSA) is 35.2 Å². The highest BCUT2D eigenvalue weighted by atomic mass is 16.5. The summed E-state index contributed by atoms with van der Waals surface area (Å²) in [5, 5.41) is 0. The first-order valence-electron chi connectivity index (χ1n) is 7.33. The van der Waals surface area contributed by atoms with Crippen molar-refractivity contribution in [3.05, 3.63) is 35.4 Å². The molecule has 1 aliphatic rings. The maximum absolute atomic E-state index is 6.44. The van der Waals surface area contributed by atoms with Crippen LogP contribution in [-0.2, 0) is 10.2 Å². The number of hydrogen-bond donors (Lipinski definition) is 1. The van der Waals surface area contributed by atoms with E-state index in [0.29, 0.717) is 0 Å². The molecule has 2 nitrogen and oxygen atoms in total. The zero-order valence-electron chi connectivity index (χ0n) is 12.7. The predicted molar refractivity (Wildman–Crippen MR) is 80.3 cm³/mol. The number of rotatable bonds is 2. The molecule has 0 spiro atoms. The second-order valence-electron chi connectivity index (χ2n) is 6.97. The maximum Gasteiger partial charge on any atom is 0.0846 e. The van der Waals surface area contributed by atoms with Crippen molar-refractivity contribution in [2.45, 2.75) is 64.0 Å². The van der Waals surface area contributed by atoms with Crippen molar-refractivity contribution >= 4 is 0 Å². The van der Waals surface area contributed by atoms with Crippen LogP contribution in [-0.4, -0.2) is 12.2 Å². The van der Waals surface area contributed by atoms with Crippen molar-refractivity contribution in [3.8, 4) is 0 Å². The SMILES string of the molecule is CC(C)(C)c1ccc(C(N)C2(C)CCCCO2)cc1. The summed E-state index contributed by atoms with van der Waals surface area (Å²) in [6.07, 6.45) is 3.42. The number of nitrogens with two attached hydrogens (primary N) is 1. The van der Waals surface area contributed by atoms with Gasteiger partial charge in [-0.05, 0) is 42.7 Å². The minimum atomic E-state index is -0.207. The molecule has 106 valence electrons. The zero-order valence-corrected chi connectivity index (χ0v) is 12.7. The lowest BCUT2D eigenvalue weighted by Crippen LogP contribution is -2.43. The lowest BCUT2D eigenvalue weighted by molar-refractivity contribution is -0.0820. The van der Waals surface area contributed by atoms with Crippen LogP contribution in [0.2, 0.25) is 0 Å². The van der Waals surface area contributed by atoms with Crippen molar-refractivity contribution in [2.24, 2.45) is 5.73 Å². The maximum atomic E-state index is 6.44. The third-order valence-electron chi connectivity index (χ3n) is 4.29. The van der Waals surface area contributed by atoms with Crippen LogP contribution in [0.1, 0.15) is 64.1 Å². The predicted octanol–water partition coefficient (Wildman–Crippen LogP) is 3.94. The van der Waals surface area contributed by atoms with Crippen molar-refractivity contribution in [1.29, 1.82) is 0 Å². The van der Waals surface area contributed by atoms with Gasteiger partial charge in [-0.25, -0.2) is 0 Å². The fraction of sp³-hybridized carbons (Fsp3) is 0.647. The molecule has 0 radical (unpaired) electrons. The van der Waals surface area contributed by atoms with E-state index in [1.807, 2.05) is 0 Å². The first-order valence-corrected chi connectivity index (χ1v) is 7.33. The van der Waals surface area contributed by atoms with E-state index in [2.05, 4.69) is 52.0 Å². The molecule has 1 aromatic rings. The Labute approximate surface area is 117 Å². The monoisotopic (exact) mass is 261 g/mol. The van der Waals surface area contributed by atoms with Gasteiger partial charge >= 0.3 is 0 Å². The Morgan fingerprint density at radius 2 is 1.79 bits per heavy atom. The summed E-state index contributed by atoms with van der Waals surface area (Å²) in [5.74, 6) is 0. The Bertz CT molecular complexity index is 410. The van der Waals surface area contributed by atoms with Crippen LogP contribution >= 0.6 is 0 Å². The van der Waals surface area contributed by atoms with Gasteiger partial charge in [-0.1, -0.05) is 45.0 Å². The molecule has 1 fully saturated rings. The van der Waals surface area contributed by atoms with E-state index in [1.54, 1.807) is 0 Å². The van der Waals surface area contributed by atoms with Crippen molar-refractivity contribution < 1.29 is 4.74 Å². The molecule has 2 rings (SSSR count). The third kappa shape index (κ3) is 3.18. The summed E-state index contributed by atoms with van der Waals surface area (Å²) in [4.78, 5) is 0. The summed E-state index contributed by atoms with van der Waals surface area (Å²) in [7, 11) is 0. The molecule has 1 heterocycles. The molecule has 1 aromatic carbocycles. The zero-order chi connectivity index (χ0) is 14.1. The van der Waals surface area contributed by atoms with Gasteiger partial charge in [0.2, 0.25) is 0 Å². The normalized spacial score (nSPS) is 26.2. The van der Waals surface area contributed by atoms with Gasteiger partial charge in [0.25, 0.3) is 0 Å². The summed E-state index contributed by atoms with van der Waals surface area (Å²) in [5.41, 5.74) is 8.94. The summed E-state index contributed by atoms with van der Waals surface area (Å²) in [6.45, 7) is 9.67. The van der Waals surface area contributed by atoms with Crippen LogP contribution in [0.3, 0.4) is 0 Å². The fourth-order valence-corrected chi connectivity index (χ4v) is 2.74. The lowest BCUT2D eigenvalue weighted by Gasteiger charge is -2.39. The molecular weight excluding hydrogens is 234 g/mol. The third-order valence-corrected chi connectivity index (χ3v) is 4.29. The summed E-state index contributed by atoms with van der Waals surface area (Å²) in [6, 6.07) is 8.67. The van der Waals surface area contributed by atoms with E-state index in [9.17, 15) is 0 Å². The van der Waals surface area contributed by atoms with Gasteiger partial charge in [0, 0.05) is 6.61 Å². The van der Waals surface area contributed by atoms with Gasteiger partial charge < -0.3 is 10.5 Å². The molecule has 0 amide bonds. The van der Waals surface area contributed by atoms with Crippen LogP contribution in [0.15, 0.2) is 24.3 Å². The number of ether oxygens (including phenoxy) is 1. The Kier molecular flexibility index (Phi) is 4.03. The smallest absolute Gasteiger partial charge is 0.0846 e. The second kappa shape index (κ2) is 5.26. The van der Waals surface area contributed by atoms with E-state index in [-0.39, 0.29) is 17.1 Å². The highest BCUT2D eigenvalue weighted by Crippen LogP contribution is 2.35. The Hall–Kier alpha value is -0.860. The highest BCUT2D eigenvalue weighted by molar-refractivity contribution is 5.30. The first kappa shape index (κ1) is 14.5. The Morgan fingerprint density at radius 1 is 1.16 bits per heavy atom. The molecule has 2 heteroatoms. The molecule has 2 atom stereocenters. The van der Waals surface area contributed by atoms with Gasteiger partial charge in [-0.2, -0.15) is 0 Å². The molecule has 1 saturated heterocycles. The standard InChI is InChI=1S/C17H27NO/c1-16(2,3)14-9-7-13(8-10-14)15(18)17(4)11-5-6-12-19-17/h7-10,15H,5-6,11-12,18H2,1-4H3. The Morgan fingerprint density at radius 3 is 2.26 bits per heavy atom.